The average molecular weight is 275 g/mol. The van der Waals surface area contributed by atoms with Gasteiger partial charge in [-0.15, -0.1) is 24.8 Å². The number of nitrogens with one attached hydrogen (secondary N) is 1. The van der Waals surface area contributed by atoms with Gasteiger partial charge >= 0.3 is 0 Å². The van der Waals surface area contributed by atoms with Crippen molar-refractivity contribution in [3.8, 4) is 0 Å². The fourth-order valence-corrected chi connectivity index (χ4v) is 3.01. The molecule has 1 aliphatic heterocycles. The summed E-state index contributed by atoms with van der Waals surface area (Å²) in [5, 5.41) is 3.40. The van der Waals surface area contributed by atoms with Gasteiger partial charge in [0.25, 0.3) is 0 Å². The highest BCUT2D eigenvalue weighted by atomic mass is 35.5. The topological polar surface area (TPSA) is 15.3 Å². The van der Waals surface area contributed by atoms with Crippen molar-refractivity contribution in [2.24, 2.45) is 11.8 Å². The van der Waals surface area contributed by atoms with E-state index in [1.165, 1.54) is 18.7 Å². The first-order valence-electron chi connectivity index (χ1n) is 5.82. The van der Waals surface area contributed by atoms with Gasteiger partial charge in [0.15, 0.2) is 0 Å². The number of rotatable bonds is 3. The Labute approximate surface area is 116 Å². The first-order chi connectivity index (χ1) is 7.38. The quantitative estimate of drug-likeness (QED) is 0.909. The van der Waals surface area contributed by atoms with Crippen LogP contribution in [0.4, 0.5) is 0 Å². The summed E-state index contributed by atoms with van der Waals surface area (Å²) in [6, 6.07) is 11.6. The minimum atomic E-state index is 0. The van der Waals surface area contributed by atoms with E-state index < -0.39 is 0 Å². The van der Waals surface area contributed by atoms with Crippen LogP contribution in [0.15, 0.2) is 30.3 Å². The number of hydrogen-bond donors (Lipinski definition) is 1. The van der Waals surface area contributed by atoms with Gasteiger partial charge in [-0.1, -0.05) is 30.3 Å². The van der Waals surface area contributed by atoms with E-state index in [4.69, 9.17) is 0 Å². The van der Waals surface area contributed by atoms with Gasteiger partial charge in [-0.25, -0.2) is 0 Å². The summed E-state index contributed by atoms with van der Waals surface area (Å²) in [5.74, 6) is 1.86. The van der Waals surface area contributed by atoms with Gasteiger partial charge in [-0.3, -0.25) is 4.90 Å². The highest BCUT2D eigenvalue weighted by Gasteiger charge is 2.54. The van der Waals surface area contributed by atoms with E-state index in [9.17, 15) is 0 Å². The van der Waals surface area contributed by atoms with Gasteiger partial charge in [0.05, 0.1) is 0 Å². The zero-order chi connectivity index (χ0) is 10.3. The molecule has 0 aromatic heterocycles. The Morgan fingerprint density at radius 2 is 1.71 bits per heavy atom. The minimum absolute atomic E-state index is 0. The smallest absolute Gasteiger partial charge is 0.0233 e. The van der Waals surface area contributed by atoms with Crippen molar-refractivity contribution in [3.63, 3.8) is 0 Å². The van der Waals surface area contributed by atoms with Crippen LogP contribution in [0.5, 0.6) is 0 Å². The molecule has 2 fully saturated rings. The maximum Gasteiger partial charge on any atom is 0.0233 e. The number of fused-ring (bicyclic) bond motifs is 1. The lowest BCUT2D eigenvalue weighted by Gasteiger charge is -2.19. The third-order valence-corrected chi connectivity index (χ3v) is 3.85. The van der Waals surface area contributed by atoms with Gasteiger partial charge in [-0.2, -0.15) is 0 Å². The summed E-state index contributed by atoms with van der Waals surface area (Å²) in [4.78, 5) is 2.58. The fourth-order valence-electron chi connectivity index (χ4n) is 3.01. The van der Waals surface area contributed by atoms with E-state index in [0.29, 0.717) is 0 Å². The maximum absolute atomic E-state index is 3.40. The number of halogens is 2. The second kappa shape index (κ2) is 6.05. The van der Waals surface area contributed by atoms with Gasteiger partial charge < -0.3 is 5.32 Å². The molecule has 1 unspecified atom stereocenters. The van der Waals surface area contributed by atoms with Gasteiger partial charge in [-0.05, 0) is 24.4 Å². The third-order valence-electron chi connectivity index (χ3n) is 3.85. The summed E-state index contributed by atoms with van der Waals surface area (Å²) in [7, 11) is 2.09. The largest absolute Gasteiger partial charge is 0.316 e. The van der Waals surface area contributed by atoms with E-state index in [2.05, 4.69) is 47.6 Å². The van der Waals surface area contributed by atoms with Crippen molar-refractivity contribution >= 4 is 24.8 Å². The van der Waals surface area contributed by atoms with Crippen molar-refractivity contribution < 1.29 is 0 Å². The van der Waals surface area contributed by atoms with Crippen molar-refractivity contribution in [1.82, 2.24) is 10.2 Å². The second-order valence-electron chi connectivity index (χ2n) is 4.82. The fraction of sp³-hybridized carbons (Fsp3) is 0.538. The predicted octanol–water partition coefficient (Wildman–Crippen LogP) is 2.18. The van der Waals surface area contributed by atoms with Crippen LogP contribution in [-0.2, 0) is 6.54 Å². The van der Waals surface area contributed by atoms with Gasteiger partial charge in [0.1, 0.15) is 0 Å². The van der Waals surface area contributed by atoms with Crippen molar-refractivity contribution in [2.75, 3.05) is 20.1 Å². The summed E-state index contributed by atoms with van der Waals surface area (Å²) >= 11 is 0. The highest BCUT2D eigenvalue weighted by Crippen LogP contribution is 2.45. The molecule has 96 valence electrons. The van der Waals surface area contributed by atoms with Crippen molar-refractivity contribution in [3.05, 3.63) is 35.9 Å². The zero-order valence-corrected chi connectivity index (χ0v) is 11.6. The second-order valence-corrected chi connectivity index (χ2v) is 4.82. The standard InChI is InChI=1S/C13H18N2.2ClH/c1-14-13-11-8-15(9-12(11)13)7-10-5-3-2-4-6-10;;/h2-6,11-14H,7-9H2,1H3;2*1H/t11-,12+,13?;;. The van der Waals surface area contributed by atoms with Gasteiger partial charge in [0.2, 0.25) is 0 Å². The lowest BCUT2D eigenvalue weighted by molar-refractivity contribution is 0.284. The van der Waals surface area contributed by atoms with E-state index in [1.807, 2.05) is 0 Å². The molecule has 1 saturated carbocycles. The lowest BCUT2D eigenvalue weighted by atomic mass is 10.2. The first kappa shape index (κ1) is 14.8. The Bertz CT molecular complexity index is 333. The third kappa shape index (κ3) is 2.94. The Hall–Kier alpha value is -0.280. The number of hydrogen-bond acceptors (Lipinski definition) is 2. The maximum atomic E-state index is 3.40. The van der Waals surface area contributed by atoms with Crippen molar-refractivity contribution in [2.45, 2.75) is 12.6 Å². The van der Waals surface area contributed by atoms with E-state index >= 15 is 0 Å². The van der Waals surface area contributed by atoms with Crippen LogP contribution in [0.3, 0.4) is 0 Å². The van der Waals surface area contributed by atoms with Crippen LogP contribution in [0.1, 0.15) is 5.56 Å². The molecule has 0 bridgehead atoms. The molecule has 1 N–H and O–H groups in total. The monoisotopic (exact) mass is 274 g/mol. The van der Waals surface area contributed by atoms with E-state index in [1.54, 1.807) is 0 Å². The molecule has 1 aromatic carbocycles. The molecule has 3 atom stereocenters. The molecular formula is C13H20Cl2N2. The van der Waals surface area contributed by atoms with Crippen LogP contribution in [0.2, 0.25) is 0 Å². The van der Waals surface area contributed by atoms with Crippen LogP contribution in [0.25, 0.3) is 0 Å². The Morgan fingerprint density at radius 1 is 1.12 bits per heavy atom. The van der Waals surface area contributed by atoms with Gasteiger partial charge in [0, 0.05) is 25.7 Å². The SMILES string of the molecule is CNC1[C@H]2CN(Cc3ccccc3)C[C@@H]12.Cl.Cl. The Kier molecular flexibility index (Phi) is 5.26. The summed E-state index contributed by atoms with van der Waals surface area (Å²) < 4.78 is 0. The molecule has 0 radical (unpaired) electrons. The molecule has 4 heteroatoms. The minimum Gasteiger partial charge on any atom is -0.316 e. The van der Waals surface area contributed by atoms with Crippen LogP contribution in [0, 0.1) is 11.8 Å². The summed E-state index contributed by atoms with van der Waals surface area (Å²) in [5.41, 5.74) is 1.44. The molecule has 2 nitrogen and oxygen atoms in total. The van der Waals surface area contributed by atoms with Crippen LogP contribution >= 0.6 is 24.8 Å². The molecule has 17 heavy (non-hydrogen) atoms. The molecule has 1 aromatic rings. The average Bonchev–Trinajstić information content (AvgIpc) is 2.75. The molecular weight excluding hydrogens is 255 g/mol. The number of piperidine rings is 1. The Morgan fingerprint density at radius 3 is 2.24 bits per heavy atom. The molecule has 0 amide bonds. The zero-order valence-electron chi connectivity index (χ0n) is 10.0. The number of benzene rings is 1. The molecule has 1 aliphatic carbocycles. The molecule has 3 rings (SSSR count). The Balaban J connectivity index is 0.000000722. The summed E-state index contributed by atoms with van der Waals surface area (Å²) in [6.07, 6.45) is 0. The van der Waals surface area contributed by atoms with Crippen LogP contribution < -0.4 is 5.32 Å². The van der Waals surface area contributed by atoms with Crippen molar-refractivity contribution in [1.29, 1.82) is 0 Å². The predicted molar refractivity (Wildman–Crippen MR) is 76.0 cm³/mol. The van der Waals surface area contributed by atoms with E-state index in [-0.39, 0.29) is 24.8 Å². The van der Waals surface area contributed by atoms with Crippen LogP contribution in [-0.4, -0.2) is 31.1 Å². The lowest BCUT2D eigenvalue weighted by Crippen LogP contribution is -2.29. The number of nitrogens with zero attached hydrogens (tertiary/aromatic N) is 1. The summed E-state index contributed by atoms with van der Waals surface area (Å²) in [6.45, 7) is 3.69. The molecule has 2 aliphatic rings. The number of likely N-dealkylation sites (tertiary alicyclic amines) is 1. The van der Waals surface area contributed by atoms with E-state index in [0.717, 1.165) is 24.4 Å². The molecule has 0 spiro atoms. The normalized spacial score (nSPS) is 30.1. The highest BCUT2D eigenvalue weighted by molar-refractivity contribution is 5.85. The first-order valence-corrected chi connectivity index (χ1v) is 5.82. The molecule has 1 heterocycles. The molecule has 1 saturated heterocycles.